The van der Waals surface area contributed by atoms with Crippen molar-refractivity contribution in [2.24, 2.45) is 0 Å². The minimum atomic E-state index is -0.822. The minimum absolute atomic E-state index is 0.432. The fourth-order valence-electron chi connectivity index (χ4n) is 1.47. The molecule has 0 fully saturated rings. The summed E-state index contributed by atoms with van der Waals surface area (Å²) in [6.45, 7) is 9.92. The highest BCUT2D eigenvalue weighted by Gasteiger charge is 2.08. The van der Waals surface area contributed by atoms with Crippen molar-refractivity contribution in [2.45, 2.75) is 53.0 Å². The molecule has 94 valence electrons. The maximum atomic E-state index is 10.7. The van der Waals surface area contributed by atoms with Crippen molar-refractivity contribution in [3.8, 4) is 0 Å². The first-order valence-corrected chi connectivity index (χ1v) is 6.13. The average Bonchev–Trinajstić information content (AvgIpc) is 2.21. The molecule has 0 amide bonds. The van der Waals surface area contributed by atoms with Crippen LogP contribution in [0.3, 0.4) is 0 Å². The second kappa shape index (κ2) is 8.34. The predicted molar refractivity (Wildman–Crippen MR) is 67.6 cm³/mol. The lowest BCUT2D eigenvalue weighted by Crippen LogP contribution is -2.32. The molecule has 0 unspecified atom stereocenters. The third-order valence-electron chi connectivity index (χ3n) is 2.75. The standard InChI is InChI=1S/C13H25NO2/c1-5-6-7-9-14(11(2)3)10-8-12(4)13(15)16/h8,11H,5-7,9-10H2,1-4H3,(H,15,16). The molecule has 0 bridgehead atoms. The van der Waals surface area contributed by atoms with Gasteiger partial charge in [-0.3, -0.25) is 4.90 Å². The summed E-state index contributed by atoms with van der Waals surface area (Å²) >= 11 is 0. The number of aliphatic carboxylic acids is 1. The van der Waals surface area contributed by atoms with Gasteiger partial charge in [-0.15, -0.1) is 0 Å². The van der Waals surface area contributed by atoms with Gasteiger partial charge in [0.2, 0.25) is 0 Å². The van der Waals surface area contributed by atoms with E-state index in [0.717, 1.165) is 13.1 Å². The molecule has 0 saturated heterocycles. The van der Waals surface area contributed by atoms with Gasteiger partial charge in [0.25, 0.3) is 0 Å². The van der Waals surface area contributed by atoms with Gasteiger partial charge in [-0.25, -0.2) is 4.79 Å². The van der Waals surface area contributed by atoms with Crippen molar-refractivity contribution in [2.75, 3.05) is 13.1 Å². The molecule has 0 radical (unpaired) electrons. The molecule has 3 nitrogen and oxygen atoms in total. The van der Waals surface area contributed by atoms with E-state index in [0.29, 0.717) is 11.6 Å². The van der Waals surface area contributed by atoms with Crippen LogP contribution in [0.15, 0.2) is 11.6 Å². The smallest absolute Gasteiger partial charge is 0.330 e. The Bertz CT molecular complexity index is 234. The van der Waals surface area contributed by atoms with E-state index in [1.807, 2.05) is 0 Å². The van der Waals surface area contributed by atoms with E-state index in [1.54, 1.807) is 13.0 Å². The van der Waals surface area contributed by atoms with E-state index in [2.05, 4.69) is 25.7 Å². The zero-order valence-corrected chi connectivity index (χ0v) is 11.0. The zero-order valence-electron chi connectivity index (χ0n) is 11.0. The number of carboxylic acid groups (broad SMARTS) is 1. The van der Waals surface area contributed by atoms with Gasteiger partial charge in [0, 0.05) is 18.2 Å². The maximum Gasteiger partial charge on any atom is 0.330 e. The van der Waals surface area contributed by atoms with Gasteiger partial charge in [0.1, 0.15) is 0 Å². The first-order chi connectivity index (χ1) is 7.49. The molecule has 0 rings (SSSR count). The summed E-state index contributed by atoms with van der Waals surface area (Å²) in [5.74, 6) is -0.822. The second-order valence-electron chi connectivity index (χ2n) is 4.49. The highest BCUT2D eigenvalue weighted by Crippen LogP contribution is 2.04. The molecule has 0 aromatic heterocycles. The number of unbranched alkanes of at least 4 members (excludes halogenated alkanes) is 2. The summed E-state index contributed by atoms with van der Waals surface area (Å²) in [5.41, 5.74) is 0.432. The molecule has 0 aliphatic heterocycles. The van der Waals surface area contributed by atoms with Crippen molar-refractivity contribution in [3.63, 3.8) is 0 Å². The van der Waals surface area contributed by atoms with Gasteiger partial charge >= 0.3 is 5.97 Å². The van der Waals surface area contributed by atoms with E-state index in [9.17, 15) is 4.79 Å². The second-order valence-corrected chi connectivity index (χ2v) is 4.49. The predicted octanol–water partition coefficient (Wildman–Crippen LogP) is 2.92. The number of rotatable bonds is 8. The van der Waals surface area contributed by atoms with Crippen LogP contribution in [0, 0.1) is 0 Å². The third-order valence-corrected chi connectivity index (χ3v) is 2.75. The van der Waals surface area contributed by atoms with E-state index < -0.39 is 5.97 Å². The van der Waals surface area contributed by atoms with Crippen molar-refractivity contribution in [3.05, 3.63) is 11.6 Å². The largest absolute Gasteiger partial charge is 0.478 e. The molecule has 0 heterocycles. The third kappa shape index (κ3) is 6.62. The van der Waals surface area contributed by atoms with Crippen molar-refractivity contribution < 1.29 is 9.90 Å². The number of hydrogen-bond acceptors (Lipinski definition) is 2. The molecule has 0 aromatic rings. The summed E-state index contributed by atoms with van der Waals surface area (Å²) in [4.78, 5) is 13.0. The Labute approximate surface area is 99.1 Å². The molecule has 0 aliphatic rings. The van der Waals surface area contributed by atoms with Gasteiger partial charge in [-0.05, 0) is 33.7 Å². The Morgan fingerprint density at radius 3 is 2.44 bits per heavy atom. The van der Waals surface area contributed by atoms with E-state index >= 15 is 0 Å². The van der Waals surface area contributed by atoms with Crippen LogP contribution in [0.5, 0.6) is 0 Å². The summed E-state index contributed by atoms with van der Waals surface area (Å²) in [5, 5.41) is 8.76. The summed E-state index contributed by atoms with van der Waals surface area (Å²) in [7, 11) is 0. The molecule has 16 heavy (non-hydrogen) atoms. The topological polar surface area (TPSA) is 40.5 Å². The first kappa shape index (κ1) is 15.2. The van der Waals surface area contributed by atoms with Crippen molar-refractivity contribution in [1.29, 1.82) is 0 Å². The number of carboxylic acids is 1. The molecule has 0 spiro atoms. The van der Waals surface area contributed by atoms with Crippen LogP contribution in [-0.4, -0.2) is 35.1 Å². The number of nitrogens with zero attached hydrogens (tertiary/aromatic N) is 1. The monoisotopic (exact) mass is 227 g/mol. The lowest BCUT2D eigenvalue weighted by molar-refractivity contribution is -0.132. The van der Waals surface area contributed by atoms with Gasteiger partial charge in [-0.1, -0.05) is 25.8 Å². The van der Waals surface area contributed by atoms with Crippen LogP contribution in [-0.2, 0) is 4.79 Å². The fourth-order valence-corrected chi connectivity index (χ4v) is 1.47. The van der Waals surface area contributed by atoms with Crippen LogP contribution in [0.2, 0.25) is 0 Å². The van der Waals surface area contributed by atoms with E-state index in [4.69, 9.17) is 5.11 Å². The highest BCUT2D eigenvalue weighted by molar-refractivity contribution is 5.85. The van der Waals surface area contributed by atoms with Crippen LogP contribution in [0.1, 0.15) is 47.0 Å². The van der Waals surface area contributed by atoms with Gasteiger partial charge in [-0.2, -0.15) is 0 Å². The zero-order chi connectivity index (χ0) is 12.6. The lowest BCUT2D eigenvalue weighted by atomic mass is 10.2. The Balaban J connectivity index is 4.13. The highest BCUT2D eigenvalue weighted by atomic mass is 16.4. The fraction of sp³-hybridized carbons (Fsp3) is 0.769. The SMILES string of the molecule is CCCCCN(CC=C(C)C(=O)O)C(C)C. The van der Waals surface area contributed by atoms with Crippen LogP contribution in [0.4, 0.5) is 0 Å². The van der Waals surface area contributed by atoms with Gasteiger partial charge in [0.05, 0.1) is 0 Å². The quantitative estimate of drug-likeness (QED) is 0.512. The Morgan fingerprint density at radius 1 is 1.38 bits per heavy atom. The Kier molecular flexibility index (Phi) is 7.90. The summed E-state index contributed by atoms with van der Waals surface area (Å²) in [6.07, 6.45) is 5.45. The molecule has 3 heteroatoms. The normalized spacial score (nSPS) is 12.5. The molecular weight excluding hydrogens is 202 g/mol. The molecular formula is C13H25NO2. The summed E-state index contributed by atoms with van der Waals surface area (Å²) in [6, 6.07) is 0.467. The Morgan fingerprint density at radius 2 is 2.00 bits per heavy atom. The number of hydrogen-bond donors (Lipinski definition) is 1. The molecule has 0 saturated carbocycles. The van der Waals surface area contributed by atoms with Crippen molar-refractivity contribution >= 4 is 5.97 Å². The average molecular weight is 227 g/mol. The maximum absolute atomic E-state index is 10.7. The van der Waals surface area contributed by atoms with Gasteiger partial charge in [0.15, 0.2) is 0 Å². The van der Waals surface area contributed by atoms with E-state index in [-0.39, 0.29) is 0 Å². The molecule has 0 aliphatic carbocycles. The molecule has 0 atom stereocenters. The Hall–Kier alpha value is -0.830. The van der Waals surface area contributed by atoms with E-state index in [1.165, 1.54) is 19.3 Å². The molecule has 1 N–H and O–H groups in total. The van der Waals surface area contributed by atoms with Crippen LogP contribution < -0.4 is 0 Å². The van der Waals surface area contributed by atoms with Crippen molar-refractivity contribution in [1.82, 2.24) is 4.90 Å². The number of carbonyl (C=O) groups is 1. The van der Waals surface area contributed by atoms with Crippen LogP contribution >= 0.6 is 0 Å². The summed E-state index contributed by atoms with van der Waals surface area (Å²) < 4.78 is 0. The molecule has 0 aromatic carbocycles. The van der Waals surface area contributed by atoms with Gasteiger partial charge < -0.3 is 5.11 Å². The minimum Gasteiger partial charge on any atom is -0.478 e. The van der Waals surface area contributed by atoms with Crippen LogP contribution in [0.25, 0.3) is 0 Å². The lowest BCUT2D eigenvalue weighted by Gasteiger charge is -2.25. The first-order valence-electron chi connectivity index (χ1n) is 6.13.